The van der Waals surface area contributed by atoms with E-state index < -0.39 is 40.6 Å². The van der Waals surface area contributed by atoms with Crippen LogP contribution in [0.2, 0.25) is 0 Å². The van der Waals surface area contributed by atoms with Crippen molar-refractivity contribution in [3.8, 4) is 5.75 Å². The van der Waals surface area contributed by atoms with Gasteiger partial charge in [0.05, 0.1) is 0 Å². The van der Waals surface area contributed by atoms with Gasteiger partial charge in [-0.3, -0.25) is 0 Å². The van der Waals surface area contributed by atoms with Crippen LogP contribution in [0.1, 0.15) is 48.0 Å². The van der Waals surface area contributed by atoms with Gasteiger partial charge in [0, 0.05) is 22.9 Å². The quantitative estimate of drug-likeness (QED) is 0.289. The highest BCUT2D eigenvalue weighted by molar-refractivity contribution is 7.80. The fourth-order valence-corrected chi connectivity index (χ4v) is 2.98. The summed E-state index contributed by atoms with van der Waals surface area (Å²) in [6.07, 6.45) is 6.96. The summed E-state index contributed by atoms with van der Waals surface area (Å²) < 4.78 is 57.8. The number of halogens is 4. The van der Waals surface area contributed by atoms with Crippen LogP contribution in [0, 0.1) is 30.2 Å². The zero-order chi connectivity index (χ0) is 20.0. The molecule has 2 aromatic carbocycles. The third-order valence-electron chi connectivity index (χ3n) is 4.21. The van der Waals surface area contributed by atoms with Gasteiger partial charge >= 0.3 is 5.97 Å². The zero-order valence-electron chi connectivity index (χ0n) is 14.8. The first-order chi connectivity index (χ1) is 12.8. The number of benzene rings is 2. The molecule has 0 unspecified atom stereocenters. The summed E-state index contributed by atoms with van der Waals surface area (Å²) in [5.41, 5.74) is -1.17. The normalized spacial score (nSPS) is 14.3. The Bertz CT molecular complexity index is 761. The number of hydrogen-bond acceptors (Lipinski definition) is 3. The molecule has 0 heterocycles. The SMILES string of the molecule is Cc1c(F)cc(OC(=O)c2c(F)cccc2F)cc1F.SC1CCCCC1. The molecule has 0 aromatic heterocycles. The first-order valence-electron chi connectivity index (χ1n) is 8.59. The van der Waals surface area contributed by atoms with E-state index in [9.17, 15) is 22.4 Å². The molecule has 146 valence electrons. The maximum atomic E-state index is 13.3. The fraction of sp³-hybridized carbons (Fsp3) is 0.350. The van der Waals surface area contributed by atoms with Crippen molar-refractivity contribution in [1.82, 2.24) is 0 Å². The zero-order valence-corrected chi connectivity index (χ0v) is 15.7. The number of rotatable bonds is 2. The van der Waals surface area contributed by atoms with E-state index in [2.05, 4.69) is 17.4 Å². The van der Waals surface area contributed by atoms with Gasteiger partial charge < -0.3 is 4.74 Å². The maximum Gasteiger partial charge on any atom is 0.349 e. The van der Waals surface area contributed by atoms with E-state index in [1.807, 2.05) is 0 Å². The van der Waals surface area contributed by atoms with E-state index in [0.717, 1.165) is 35.6 Å². The molecule has 1 saturated carbocycles. The Hall–Kier alpha value is -2.02. The Morgan fingerprint density at radius 2 is 1.48 bits per heavy atom. The van der Waals surface area contributed by atoms with E-state index in [1.165, 1.54) is 39.0 Å². The van der Waals surface area contributed by atoms with Crippen LogP contribution in [-0.2, 0) is 0 Å². The Morgan fingerprint density at radius 3 is 1.93 bits per heavy atom. The molecule has 0 bridgehead atoms. The smallest absolute Gasteiger partial charge is 0.349 e. The van der Waals surface area contributed by atoms with E-state index >= 15 is 0 Å². The van der Waals surface area contributed by atoms with Gasteiger partial charge in [0.2, 0.25) is 0 Å². The highest BCUT2D eigenvalue weighted by atomic mass is 32.1. The molecule has 0 spiro atoms. The number of esters is 1. The summed E-state index contributed by atoms with van der Waals surface area (Å²) in [5, 5.41) is 0.730. The lowest BCUT2D eigenvalue weighted by molar-refractivity contribution is 0.0723. The lowest BCUT2D eigenvalue weighted by atomic mass is 10.0. The Balaban J connectivity index is 0.000000313. The van der Waals surface area contributed by atoms with Gasteiger partial charge in [0.15, 0.2) is 0 Å². The number of hydrogen-bond donors (Lipinski definition) is 1. The largest absolute Gasteiger partial charge is 0.423 e. The lowest BCUT2D eigenvalue weighted by Crippen LogP contribution is -2.13. The van der Waals surface area contributed by atoms with Crippen LogP contribution in [-0.4, -0.2) is 11.2 Å². The van der Waals surface area contributed by atoms with Crippen LogP contribution in [0.4, 0.5) is 17.6 Å². The van der Waals surface area contributed by atoms with E-state index in [0.29, 0.717) is 0 Å². The lowest BCUT2D eigenvalue weighted by Gasteiger charge is -2.14. The van der Waals surface area contributed by atoms with Crippen molar-refractivity contribution < 1.29 is 27.1 Å². The van der Waals surface area contributed by atoms with Gasteiger partial charge in [0.1, 0.15) is 34.6 Å². The molecule has 1 aliphatic carbocycles. The van der Waals surface area contributed by atoms with Crippen LogP contribution >= 0.6 is 12.6 Å². The molecule has 2 nitrogen and oxygen atoms in total. The van der Waals surface area contributed by atoms with Gasteiger partial charge in [-0.2, -0.15) is 12.6 Å². The molecule has 3 rings (SSSR count). The van der Waals surface area contributed by atoms with E-state index in [-0.39, 0.29) is 5.56 Å². The van der Waals surface area contributed by atoms with Gasteiger partial charge in [0.25, 0.3) is 0 Å². The molecule has 1 aliphatic rings. The molecule has 0 radical (unpaired) electrons. The minimum Gasteiger partial charge on any atom is -0.423 e. The average Bonchev–Trinajstić information content (AvgIpc) is 2.60. The Morgan fingerprint density at radius 1 is 0.963 bits per heavy atom. The average molecular weight is 400 g/mol. The Kier molecular flexibility index (Phi) is 7.71. The van der Waals surface area contributed by atoms with Crippen LogP contribution in [0.25, 0.3) is 0 Å². The number of ether oxygens (including phenoxy) is 1. The molecule has 7 heteroatoms. The summed E-state index contributed by atoms with van der Waals surface area (Å²) in [7, 11) is 0. The third kappa shape index (κ3) is 5.99. The fourth-order valence-electron chi connectivity index (χ4n) is 2.61. The first kappa shape index (κ1) is 21.3. The second kappa shape index (κ2) is 9.78. The van der Waals surface area contributed by atoms with Crippen LogP contribution in [0.3, 0.4) is 0 Å². The van der Waals surface area contributed by atoms with Gasteiger partial charge in [-0.25, -0.2) is 22.4 Å². The molecular weight excluding hydrogens is 380 g/mol. The summed E-state index contributed by atoms with van der Waals surface area (Å²) in [6.45, 7) is 1.20. The molecule has 0 amide bonds. The van der Waals surface area contributed by atoms with Gasteiger partial charge in [-0.05, 0) is 31.9 Å². The van der Waals surface area contributed by atoms with Crippen molar-refractivity contribution in [2.45, 2.75) is 44.3 Å². The van der Waals surface area contributed by atoms with Gasteiger partial charge in [-0.1, -0.05) is 25.3 Å². The highest BCUT2D eigenvalue weighted by Crippen LogP contribution is 2.22. The summed E-state index contributed by atoms with van der Waals surface area (Å²) >= 11 is 4.36. The summed E-state index contributed by atoms with van der Waals surface area (Å²) in [5.74, 6) is -5.95. The predicted octanol–water partition coefficient (Wildman–Crippen LogP) is 6.02. The van der Waals surface area contributed by atoms with Crippen LogP contribution in [0.15, 0.2) is 30.3 Å². The molecule has 2 aromatic rings. The van der Waals surface area contributed by atoms with E-state index in [1.54, 1.807) is 0 Å². The van der Waals surface area contributed by atoms with Crippen molar-refractivity contribution in [3.05, 3.63) is 64.7 Å². The standard InChI is InChI=1S/C14H8F4O2.C6H12S/c1-7-11(17)5-8(6-12(7)18)20-14(19)13-9(15)3-2-4-10(13)16;7-6-4-2-1-3-5-6/h2-6H,1H3;6-7H,1-5H2. The van der Waals surface area contributed by atoms with Crippen LogP contribution in [0.5, 0.6) is 5.75 Å². The molecule has 1 fully saturated rings. The topological polar surface area (TPSA) is 26.3 Å². The molecular formula is C20H20F4O2S. The summed E-state index contributed by atoms with van der Waals surface area (Å²) in [6, 6.07) is 4.34. The van der Waals surface area contributed by atoms with E-state index in [4.69, 9.17) is 0 Å². The van der Waals surface area contributed by atoms with Crippen LogP contribution < -0.4 is 4.74 Å². The highest BCUT2D eigenvalue weighted by Gasteiger charge is 2.20. The number of thiol groups is 1. The summed E-state index contributed by atoms with van der Waals surface area (Å²) in [4.78, 5) is 11.6. The molecule has 0 saturated heterocycles. The second-order valence-corrected chi connectivity index (χ2v) is 7.02. The number of carbonyl (C=O) groups excluding carboxylic acids is 1. The molecule has 0 N–H and O–H groups in total. The molecule has 0 atom stereocenters. The number of carbonyl (C=O) groups is 1. The monoisotopic (exact) mass is 400 g/mol. The predicted molar refractivity (Wildman–Crippen MR) is 98.3 cm³/mol. The second-order valence-electron chi connectivity index (χ2n) is 6.29. The third-order valence-corrected chi connectivity index (χ3v) is 4.72. The van der Waals surface area contributed by atoms with Crippen molar-refractivity contribution in [2.75, 3.05) is 0 Å². The molecule has 0 aliphatic heterocycles. The van der Waals surface area contributed by atoms with Crippen molar-refractivity contribution in [3.63, 3.8) is 0 Å². The maximum absolute atomic E-state index is 13.3. The molecule has 27 heavy (non-hydrogen) atoms. The Labute approximate surface area is 161 Å². The van der Waals surface area contributed by atoms with Gasteiger partial charge in [-0.15, -0.1) is 0 Å². The minimum absolute atomic E-state index is 0.248. The minimum atomic E-state index is -1.37. The van der Waals surface area contributed by atoms with Crippen molar-refractivity contribution in [2.24, 2.45) is 0 Å². The first-order valence-corrected chi connectivity index (χ1v) is 9.11. The van der Waals surface area contributed by atoms with Crippen molar-refractivity contribution >= 4 is 18.6 Å². The van der Waals surface area contributed by atoms with Crippen molar-refractivity contribution in [1.29, 1.82) is 0 Å².